The largest absolute Gasteiger partial charge is 0.353 e. The van der Waals surface area contributed by atoms with Gasteiger partial charge in [0.15, 0.2) is 0 Å². The zero-order chi connectivity index (χ0) is 17.7. The van der Waals surface area contributed by atoms with Crippen molar-refractivity contribution in [3.63, 3.8) is 0 Å². The van der Waals surface area contributed by atoms with Gasteiger partial charge >= 0.3 is 0 Å². The second-order valence-electron chi connectivity index (χ2n) is 8.73. The van der Waals surface area contributed by atoms with Crippen molar-refractivity contribution in [3.05, 3.63) is 35.4 Å². The molecule has 3 aliphatic carbocycles. The highest BCUT2D eigenvalue weighted by Crippen LogP contribution is 2.52. The zero-order valence-corrected chi connectivity index (χ0v) is 15.4. The fraction of sp³-hybridized carbons (Fsp3) is 0.636. The van der Waals surface area contributed by atoms with E-state index in [1.54, 1.807) is 0 Å². The van der Waals surface area contributed by atoms with Crippen LogP contribution in [0.4, 0.5) is 0 Å². The molecule has 1 aromatic rings. The molecule has 5 rings (SSSR count). The Kier molecular flexibility index (Phi) is 3.84. The molecule has 138 valence electrons. The lowest BCUT2D eigenvalue weighted by Crippen LogP contribution is -2.63. The van der Waals surface area contributed by atoms with Gasteiger partial charge in [0, 0.05) is 17.6 Å². The van der Waals surface area contributed by atoms with Gasteiger partial charge in [0.05, 0.1) is 11.5 Å². The Morgan fingerprint density at radius 2 is 1.69 bits per heavy atom. The fourth-order valence-corrected chi connectivity index (χ4v) is 5.81. The number of carbonyl (C=O) groups excluding carboxylic acids is 2. The molecule has 1 atom stereocenters. The molecule has 4 nitrogen and oxygen atoms in total. The van der Waals surface area contributed by atoms with Crippen molar-refractivity contribution < 1.29 is 9.59 Å². The third-order valence-corrected chi connectivity index (χ3v) is 7.08. The maximum atomic E-state index is 13.6. The van der Waals surface area contributed by atoms with Gasteiger partial charge in [0.25, 0.3) is 5.91 Å². The number of nitrogens with one attached hydrogen (secondary N) is 1. The van der Waals surface area contributed by atoms with E-state index in [0.29, 0.717) is 12.1 Å². The maximum absolute atomic E-state index is 13.6. The molecule has 3 fully saturated rings. The van der Waals surface area contributed by atoms with Crippen LogP contribution in [0.25, 0.3) is 0 Å². The Labute approximate surface area is 155 Å². The lowest BCUT2D eigenvalue weighted by Gasteiger charge is -2.52. The number of benzene rings is 1. The van der Waals surface area contributed by atoms with E-state index in [2.05, 4.69) is 10.2 Å². The molecule has 0 aromatic heterocycles. The van der Waals surface area contributed by atoms with Crippen LogP contribution < -0.4 is 5.32 Å². The van der Waals surface area contributed by atoms with E-state index in [0.717, 1.165) is 62.5 Å². The third-order valence-electron chi connectivity index (χ3n) is 7.08. The molecule has 0 radical (unpaired) electrons. The SMILES string of the molecule is O=C(NC1CC1)C1c2ccccc2C(=O)N(C2CCCC2)C12CCCC2. The number of amides is 2. The Morgan fingerprint density at radius 1 is 1.00 bits per heavy atom. The first-order chi connectivity index (χ1) is 12.7. The summed E-state index contributed by atoms with van der Waals surface area (Å²) in [5.74, 6) is 0.113. The van der Waals surface area contributed by atoms with Crippen molar-refractivity contribution in [1.29, 1.82) is 0 Å². The zero-order valence-electron chi connectivity index (χ0n) is 15.4. The monoisotopic (exact) mass is 352 g/mol. The molecule has 1 unspecified atom stereocenters. The Morgan fingerprint density at radius 3 is 2.38 bits per heavy atom. The molecule has 1 aliphatic heterocycles. The summed E-state index contributed by atoms with van der Waals surface area (Å²) in [5.41, 5.74) is 1.42. The third kappa shape index (κ3) is 2.41. The Bertz CT molecular complexity index is 727. The van der Waals surface area contributed by atoms with Crippen LogP contribution in [-0.4, -0.2) is 34.3 Å². The first kappa shape index (κ1) is 16.3. The van der Waals surface area contributed by atoms with Gasteiger partial charge in [-0.15, -0.1) is 0 Å². The van der Waals surface area contributed by atoms with Gasteiger partial charge in [0.2, 0.25) is 5.91 Å². The second kappa shape index (κ2) is 6.11. The quantitative estimate of drug-likeness (QED) is 0.900. The molecule has 2 amide bonds. The minimum absolute atomic E-state index is 0.150. The molecular formula is C22H28N2O2. The van der Waals surface area contributed by atoms with Crippen molar-refractivity contribution in [2.75, 3.05) is 0 Å². The summed E-state index contributed by atoms with van der Waals surface area (Å²) in [7, 11) is 0. The minimum atomic E-state index is -0.306. The number of hydrogen-bond acceptors (Lipinski definition) is 2. The van der Waals surface area contributed by atoms with Gasteiger partial charge < -0.3 is 10.2 Å². The fourth-order valence-electron chi connectivity index (χ4n) is 5.81. The van der Waals surface area contributed by atoms with E-state index in [4.69, 9.17) is 0 Å². The van der Waals surface area contributed by atoms with Gasteiger partial charge in [0.1, 0.15) is 0 Å². The first-order valence-corrected chi connectivity index (χ1v) is 10.4. The van der Waals surface area contributed by atoms with Crippen LogP contribution in [-0.2, 0) is 4.79 Å². The normalized spacial score (nSPS) is 27.8. The van der Waals surface area contributed by atoms with Crippen LogP contribution in [0.1, 0.15) is 86.0 Å². The number of hydrogen-bond donors (Lipinski definition) is 1. The van der Waals surface area contributed by atoms with Crippen molar-refractivity contribution in [2.45, 2.75) is 87.7 Å². The van der Waals surface area contributed by atoms with E-state index >= 15 is 0 Å². The summed E-state index contributed by atoms with van der Waals surface area (Å²) >= 11 is 0. The van der Waals surface area contributed by atoms with Gasteiger partial charge in [-0.1, -0.05) is 43.9 Å². The van der Waals surface area contributed by atoms with E-state index in [9.17, 15) is 9.59 Å². The lowest BCUT2D eigenvalue weighted by molar-refractivity contribution is -0.127. The minimum Gasteiger partial charge on any atom is -0.353 e. The molecule has 26 heavy (non-hydrogen) atoms. The van der Waals surface area contributed by atoms with E-state index in [1.807, 2.05) is 24.3 Å². The number of carbonyl (C=O) groups is 2. The predicted octanol–water partition coefficient (Wildman–Crippen LogP) is 3.76. The standard InChI is InChI=1S/C22H28N2O2/c25-20(23-15-11-12-15)19-17-9-3-4-10-18(17)21(26)24(16-7-1-2-8-16)22(19)13-5-6-14-22/h3-4,9-10,15-16,19H,1-2,5-8,11-14H2,(H,23,25). The van der Waals surface area contributed by atoms with Gasteiger partial charge in [-0.25, -0.2) is 0 Å². The molecule has 0 saturated heterocycles. The summed E-state index contributed by atoms with van der Waals surface area (Å²) in [4.78, 5) is 29.2. The Hall–Kier alpha value is -1.84. The van der Waals surface area contributed by atoms with E-state index in [-0.39, 0.29) is 23.3 Å². The summed E-state index contributed by atoms with van der Waals surface area (Å²) in [6.07, 6.45) is 10.9. The maximum Gasteiger partial charge on any atom is 0.254 e. The molecule has 1 N–H and O–H groups in total. The lowest BCUT2D eigenvalue weighted by atomic mass is 9.70. The van der Waals surface area contributed by atoms with Crippen LogP contribution in [0.3, 0.4) is 0 Å². The average Bonchev–Trinajstić information content (AvgIpc) is 3.10. The van der Waals surface area contributed by atoms with Crippen LogP contribution in [0.2, 0.25) is 0 Å². The van der Waals surface area contributed by atoms with Crippen LogP contribution in [0.5, 0.6) is 0 Å². The topological polar surface area (TPSA) is 49.4 Å². The summed E-state index contributed by atoms with van der Waals surface area (Å²) in [6, 6.07) is 8.54. The number of rotatable bonds is 3. The predicted molar refractivity (Wildman–Crippen MR) is 100.0 cm³/mol. The highest BCUT2D eigenvalue weighted by molar-refractivity contribution is 6.02. The Balaban J connectivity index is 1.64. The summed E-state index contributed by atoms with van der Waals surface area (Å²) < 4.78 is 0. The van der Waals surface area contributed by atoms with Crippen molar-refractivity contribution in [3.8, 4) is 0 Å². The first-order valence-electron chi connectivity index (χ1n) is 10.4. The molecule has 1 aromatic carbocycles. The molecule has 4 aliphatic rings. The van der Waals surface area contributed by atoms with E-state index < -0.39 is 0 Å². The molecule has 1 spiro atoms. The van der Waals surface area contributed by atoms with Gasteiger partial charge in [-0.05, 0) is 50.2 Å². The summed E-state index contributed by atoms with van der Waals surface area (Å²) in [6.45, 7) is 0. The molecule has 1 heterocycles. The average molecular weight is 352 g/mol. The highest BCUT2D eigenvalue weighted by Gasteiger charge is 2.57. The number of fused-ring (bicyclic) bond motifs is 1. The van der Waals surface area contributed by atoms with Crippen LogP contribution in [0, 0.1) is 0 Å². The van der Waals surface area contributed by atoms with Crippen molar-refractivity contribution >= 4 is 11.8 Å². The molecule has 0 bridgehead atoms. The summed E-state index contributed by atoms with van der Waals surface area (Å²) in [5, 5.41) is 3.26. The second-order valence-corrected chi connectivity index (χ2v) is 8.73. The molecule has 3 saturated carbocycles. The van der Waals surface area contributed by atoms with Gasteiger partial charge in [-0.2, -0.15) is 0 Å². The van der Waals surface area contributed by atoms with Crippen molar-refractivity contribution in [1.82, 2.24) is 10.2 Å². The van der Waals surface area contributed by atoms with Gasteiger partial charge in [-0.3, -0.25) is 9.59 Å². The van der Waals surface area contributed by atoms with Crippen LogP contribution >= 0.6 is 0 Å². The van der Waals surface area contributed by atoms with E-state index in [1.165, 1.54) is 12.8 Å². The molecular weight excluding hydrogens is 324 g/mol. The van der Waals surface area contributed by atoms with Crippen LogP contribution in [0.15, 0.2) is 24.3 Å². The number of nitrogens with zero attached hydrogens (tertiary/aromatic N) is 1. The van der Waals surface area contributed by atoms with Crippen molar-refractivity contribution in [2.24, 2.45) is 0 Å². The highest BCUT2D eigenvalue weighted by atomic mass is 16.2. The smallest absolute Gasteiger partial charge is 0.254 e. The molecule has 4 heteroatoms.